The molecule has 0 saturated carbocycles. The van der Waals surface area contributed by atoms with E-state index in [1.54, 1.807) is 0 Å². The van der Waals surface area contributed by atoms with Crippen molar-refractivity contribution in [1.82, 2.24) is 5.32 Å². The van der Waals surface area contributed by atoms with Crippen molar-refractivity contribution in [2.24, 2.45) is 5.92 Å². The summed E-state index contributed by atoms with van der Waals surface area (Å²) in [5.74, 6) is 0.0328. The summed E-state index contributed by atoms with van der Waals surface area (Å²) in [5, 5.41) is 5.87. The lowest BCUT2D eigenvalue weighted by Crippen LogP contribution is -2.28. The third-order valence-electron chi connectivity index (χ3n) is 2.24. The van der Waals surface area contributed by atoms with Gasteiger partial charge in [-0.05, 0) is 31.7 Å². The van der Waals surface area contributed by atoms with Crippen molar-refractivity contribution in [2.75, 3.05) is 18.9 Å². The Labute approximate surface area is 103 Å². The van der Waals surface area contributed by atoms with E-state index >= 15 is 0 Å². The summed E-state index contributed by atoms with van der Waals surface area (Å²) in [5.41, 5.74) is 2.01. The standard InChI is InChI=1S/C12H18N2O.ClH/c1-9-5-4-6-11(7-9)14-12(15)10(2)8-13-3;/h4-7,10,13H,8H2,1-3H3,(H,14,15);1H. The number of nitrogens with one attached hydrogen (secondary N) is 2. The molecule has 1 aromatic carbocycles. The van der Waals surface area contributed by atoms with E-state index in [-0.39, 0.29) is 24.2 Å². The number of hydrogen-bond acceptors (Lipinski definition) is 2. The predicted molar refractivity (Wildman–Crippen MR) is 70.1 cm³/mol. The molecule has 1 atom stereocenters. The van der Waals surface area contributed by atoms with Crippen molar-refractivity contribution in [3.8, 4) is 0 Å². The van der Waals surface area contributed by atoms with Crippen molar-refractivity contribution in [3.05, 3.63) is 29.8 Å². The van der Waals surface area contributed by atoms with E-state index in [0.29, 0.717) is 6.54 Å². The quantitative estimate of drug-likeness (QED) is 0.850. The van der Waals surface area contributed by atoms with Crippen LogP contribution in [-0.4, -0.2) is 19.5 Å². The zero-order valence-corrected chi connectivity index (χ0v) is 10.7. The van der Waals surface area contributed by atoms with Crippen molar-refractivity contribution >= 4 is 24.0 Å². The number of carbonyl (C=O) groups is 1. The van der Waals surface area contributed by atoms with Crippen LogP contribution in [0.15, 0.2) is 24.3 Å². The number of halogens is 1. The summed E-state index contributed by atoms with van der Waals surface area (Å²) < 4.78 is 0. The summed E-state index contributed by atoms with van der Waals surface area (Å²) in [6.45, 7) is 4.60. The second-order valence-electron chi connectivity index (χ2n) is 3.82. The molecule has 0 aliphatic carbocycles. The molecule has 1 amide bonds. The molecule has 90 valence electrons. The first-order chi connectivity index (χ1) is 7.13. The number of anilines is 1. The smallest absolute Gasteiger partial charge is 0.228 e. The van der Waals surface area contributed by atoms with Gasteiger partial charge in [-0.3, -0.25) is 4.79 Å². The lowest BCUT2D eigenvalue weighted by Gasteiger charge is -2.11. The third-order valence-corrected chi connectivity index (χ3v) is 2.24. The van der Waals surface area contributed by atoms with Crippen LogP contribution in [0, 0.1) is 12.8 Å². The first kappa shape index (κ1) is 14.9. The normalized spacial score (nSPS) is 11.4. The van der Waals surface area contributed by atoms with Gasteiger partial charge < -0.3 is 10.6 Å². The molecular formula is C12H19ClN2O. The molecule has 0 spiro atoms. The number of rotatable bonds is 4. The summed E-state index contributed by atoms with van der Waals surface area (Å²) >= 11 is 0. The van der Waals surface area contributed by atoms with Crippen LogP contribution in [0.25, 0.3) is 0 Å². The van der Waals surface area contributed by atoms with E-state index in [2.05, 4.69) is 10.6 Å². The second-order valence-corrected chi connectivity index (χ2v) is 3.82. The van der Waals surface area contributed by atoms with Crippen molar-refractivity contribution in [1.29, 1.82) is 0 Å². The minimum atomic E-state index is -0.0180. The number of aryl methyl sites for hydroxylation is 1. The van der Waals surface area contributed by atoms with E-state index in [9.17, 15) is 4.79 Å². The zero-order chi connectivity index (χ0) is 11.3. The Morgan fingerprint density at radius 3 is 2.69 bits per heavy atom. The van der Waals surface area contributed by atoms with Gasteiger partial charge in [0.15, 0.2) is 0 Å². The number of carbonyl (C=O) groups excluding carboxylic acids is 1. The molecule has 1 unspecified atom stereocenters. The molecule has 1 rings (SSSR count). The van der Waals surface area contributed by atoms with E-state index in [1.165, 1.54) is 0 Å². The summed E-state index contributed by atoms with van der Waals surface area (Å²) in [6, 6.07) is 7.81. The van der Waals surface area contributed by atoms with Crippen LogP contribution in [0.1, 0.15) is 12.5 Å². The molecule has 3 nitrogen and oxygen atoms in total. The molecule has 0 heterocycles. The lowest BCUT2D eigenvalue weighted by molar-refractivity contribution is -0.119. The Kier molecular flexibility index (Phi) is 6.77. The highest BCUT2D eigenvalue weighted by Crippen LogP contribution is 2.10. The maximum Gasteiger partial charge on any atom is 0.228 e. The SMILES string of the molecule is CNCC(C)C(=O)Nc1cccc(C)c1.Cl. The molecule has 0 aliphatic rings. The van der Waals surface area contributed by atoms with Gasteiger partial charge in [-0.15, -0.1) is 12.4 Å². The Bertz CT molecular complexity index is 342. The van der Waals surface area contributed by atoms with Gasteiger partial charge in [-0.1, -0.05) is 19.1 Å². The molecule has 0 radical (unpaired) electrons. The molecule has 0 aliphatic heterocycles. The van der Waals surface area contributed by atoms with E-state index < -0.39 is 0 Å². The van der Waals surface area contributed by atoms with Crippen LogP contribution >= 0.6 is 12.4 Å². The Morgan fingerprint density at radius 1 is 1.44 bits per heavy atom. The van der Waals surface area contributed by atoms with Gasteiger partial charge in [-0.25, -0.2) is 0 Å². The Morgan fingerprint density at radius 2 is 2.12 bits per heavy atom. The summed E-state index contributed by atoms with van der Waals surface area (Å²) in [6.07, 6.45) is 0. The summed E-state index contributed by atoms with van der Waals surface area (Å²) in [7, 11) is 1.84. The molecular weight excluding hydrogens is 224 g/mol. The van der Waals surface area contributed by atoms with E-state index in [1.807, 2.05) is 45.2 Å². The fraction of sp³-hybridized carbons (Fsp3) is 0.417. The highest BCUT2D eigenvalue weighted by molar-refractivity contribution is 5.92. The van der Waals surface area contributed by atoms with Crippen molar-refractivity contribution in [3.63, 3.8) is 0 Å². The topological polar surface area (TPSA) is 41.1 Å². The fourth-order valence-electron chi connectivity index (χ4n) is 1.39. The van der Waals surface area contributed by atoms with Crippen molar-refractivity contribution < 1.29 is 4.79 Å². The maximum absolute atomic E-state index is 11.7. The van der Waals surface area contributed by atoms with Gasteiger partial charge >= 0.3 is 0 Å². The molecule has 0 bridgehead atoms. The number of benzene rings is 1. The average Bonchev–Trinajstić information content (AvgIpc) is 2.18. The average molecular weight is 243 g/mol. The largest absolute Gasteiger partial charge is 0.326 e. The van der Waals surface area contributed by atoms with Crippen LogP contribution in [-0.2, 0) is 4.79 Å². The number of hydrogen-bond donors (Lipinski definition) is 2. The molecule has 1 aromatic rings. The molecule has 0 saturated heterocycles. The molecule has 2 N–H and O–H groups in total. The summed E-state index contributed by atoms with van der Waals surface area (Å²) in [4.78, 5) is 11.7. The van der Waals surface area contributed by atoms with Crippen LogP contribution in [0.3, 0.4) is 0 Å². The second kappa shape index (κ2) is 7.25. The fourth-order valence-corrected chi connectivity index (χ4v) is 1.39. The van der Waals surface area contributed by atoms with Gasteiger partial charge in [-0.2, -0.15) is 0 Å². The first-order valence-corrected chi connectivity index (χ1v) is 5.15. The van der Waals surface area contributed by atoms with Gasteiger partial charge in [0.2, 0.25) is 5.91 Å². The van der Waals surface area contributed by atoms with Gasteiger partial charge in [0, 0.05) is 18.2 Å². The third kappa shape index (κ3) is 4.64. The minimum absolute atomic E-state index is 0. The van der Waals surface area contributed by atoms with Gasteiger partial charge in [0.1, 0.15) is 0 Å². The molecule has 4 heteroatoms. The van der Waals surface area contributed by atoms with E-state index in [4.69, 9.17) is 0 Å². The van der Waals surface area contributed by atoms with Crippen LogP contribution in [0.5, 0.6) is 0 Å². The maximum atomic E-state index is 11.7. The first-order valence-electron chi connectivity index (χ1n) is 5.15. The highest BCUT2D eigenvalue weighted by atomic mass is 35.5. The van der Waals surface area contributed by atoms with Crippen LogP contribution in [0.2, 0.25) is 0 Å². The Balaban J connectivity index is 0.00000225. The molecule has 16 heavy (non-hydrogen) atoms. The van der Waals surface area contributed by atoms with Crippen LogP contribution < -0.4 is 10.6 Å². The zero-order valence-electron chi connectivity index (χ0n) is 9.91. The highest BCUT2D eigenvalue weighted by Gasteiger charge is 2.11. The predicted octanol–water partition coefficient (Wildman–Crippen LogP) is 2.21. The molecule has 0 aromatic heterocycles. The molecule has 0 fully saturated rings. The van der Waals surface area contributed by atoms with Crippen LogP contribution in [0.4, 0.5) is 5.69 Å². The Hall–Kier alpha value is -1.06. The van der Waals surface area contributed by atoms with E-state index in [0.717, 1.165) is 11.3 Å². The van der Waals surface area contributed by atoms with Gasteiger partial charge in [0.05, 0.1) is 0 Å². The number of amides is 1. The minimum Gasteiger partial charge on any atom is -0.326 e. The van der Waals surface area contributed by atoms with Crippen molar-refractivity contribution in [2.45, 2.75) is 13.8 Å². The monoisotopic (exact) mass is 242 g/mol. The van der Waals surface area contributed by atoms with Gasteiger partial charge in [0.25, 0.3) is 0 Å². The lowest BCUT2D eigenvalue weighted by atomic mass is 10.1.